The smallest absolute Gasteiger partial charge is 0.227 e. The number of hydrogen-bond donors (Lipinski definition) is 1. The van der Waals surface area contributed by atoms with E-state index < -0.39 is 0 Å². The van der Waals surface area contributed by atoms with Gasteiger partial charge in [-0.25, -0.2) is 15.0 Å². The largest absolute Gasteiger partial charge is 0.324 e. The van der Waals surface area contributed by atoms with Gasteiger partial charge in [-0.2, -0.15) is 0 Å². The molecule has 5 heteroatoms. The third-order valence-electron chi connectivity index (χ3n) is 4.27. The molecule has 0 atom stereocenters. The Bertz CT molecular complexity index is 1040. The molecular formula is C21H18N4S. The number of hydrogen-bond acceptors (Lipinski definition) is 5. The van der Waals surface area contributed by atoms with Gasteiger partial charge >= 0.3 is 0 Å². The second kappa shape index (κ2) is 7.06. The van der Waals surface area contributed by atoms with Crippen LogP contribution in [0.2, 0.25) is 0 Å². The zero-order chi connectivity index (χ0) is 17.9. The van der Waals surface area contributed by atoms with Crippen molar-refractivity contribution in [2.75, 3.05) is 5.32 Å². The van der Waals surface area contributed by atoms with Gasteiger partial charge in [0, 0.05) is 23.5 Å². The molecule has 26 heavy (non-hydrogen) atoms. The molecule has 128 valence electrons. The summed E-state index contributed by atoms with van der Waals surface area (Å²) in [4.78, 5) is 13.2. The number of benzene rings is 2. The van der Waals surface area contributed by atoms with Crippen molar-refractivity contribution in [2.45, 2.75) is 13.8 Å². The van der Waals surface area contributed by atoms with Gasteiger partial charge < -0.3 is 5.32 Å². The van der Waals surface area contributed by atoms with Crippen molar-refractivity contribution in [3.8, 4) is 21.8 Å². The first-order valence-electron chi connectivity index (χ1n) is 8.37. The van der Waals surface area contributed by atoms with Crippen LogP contribution < -0.4 is 5.32 Å². The van der Waals surface area contributed by atoms with Crippen molar-refractivity contribution in [1.82, 2.24) is 15.0 Å². The van der Waals surface area contributed by atoms with Crippen LogP contribution in [0.15, 0.2) is 66.3 Å². The minimum absolute atomic E-state index is 0.565. The summed E-state index contributed by atoms with van der Waals surface area (Å²) in [5, 5.41) is 6.13. The molecule has 4 nitrogen and oxygen atoms in total. The van der Waals surface area contributed by atoms with Crippen LogP contribution in [0, 0.1) is 13.8 Å². The molecule has 4 rings (SSSR count). The van der Waals surface area contributed by atoms with E-state index >= 15 is 0 Å². The number of nitrogens with zero attached hydrogens (tertiary/aromatic N) is 3. The first-order chi connectivity index (χ1) is 12.7. The zero-order valence-corrected chi connectivity index (χ0v) is 15.4. The Hall–Kier alpha value is -3.05. The van der Waals surface area contributed by atoms with E-state index in [1.807, 2.05) is 23.6 Å². The summed E-state index contributed by atoms with van der Waals surface area (Å²) >= 11 is 1.56. The van der Waals surface area contributed by atoms with Crippen LogP contribution >= 0.6 is 11.3 Å². The molecule has 0 spiro atoms. The molecule has 0 radical (unpaired) electrons. The second-order valence-electron chi connectivity index (χ2n) is 6.11. The monoisotopic (exact) mass is 358 g/mol. The van der Waals surface area contributed by atoms with Gasteiger partial charge in [0.05, 0.1) is 0 Å². The average molecular weight is 358 g/mol. The van der Waals surface area contributed by atoms with E-state index in [0.717, 1.165) is 22.0 Å². The zero-order valence-electron chi connectivity index (χ0n) is 14.6. The van der Waals surface area contributed by atoms with Gasteiger partial charge in [-0.3, -0.25) is 0 Å². The molecule has 0 saturated carbocycles. The van der Waals surface area contributed by atoms with Crippen LogP contribution in [-0.2, 0) is 0 Å². The van der Waals surface area contributed by atoms with Gasteiger partial charge in [0.1, 0.15) is 10.7 Å². The Kier molecular flexibility index (Phi) is 4.46. The SMILES string of the molecule is Cc1ccc(-c2cccc(Nc3nccc(-c4nccs4)n3)c2)cc1C. The van der Waals surface area contributed by atoms with E-state index in [2.05, 4.69) is 64.4 Å². The first-order valence-corrected chi connectivity index (χ1v) is 9.25. The predicted octanol–water partition coefficient (Wildman–Crippen LogP) is 5.63. The van der Waals surface area contributed by atoms with E-state index in [1.54, 1.807) is 23.7 Å². The van der Waals surface area contributed by atoms with Gasteiger partial charge in [0.2, 0.25) is 5.95 Å². The lowest BCUT2D eigenvalue weighted by Gasteiger charge is -2.09. The first kappa shape index (κ1) is 16.4. The third kappa shape index (κ3) is 3.48. The Morgan fingerprint density at radius 1 is 0.846 bits per heavy atom. The average Bonchev–Trinajstić information content (AvgIpc) is 3.19. The maximum Gasteiger partial charge on any atom is 0.227 e. The molecule has 0 saturated heterocycles. The summed E-state index contributed by atoms with van der Waals surface area (Å²) in [5.74, 6) is 0.565. The lowest BCUT2D eigenvalue weighted by atomic mass is 10.0. The minimum atomic E-state index is 0.565. The normalized spacial score (nSPS) is 10.7. The fourth-order valence-electron chi connectivity index (χ4n) is 2.71. The van der Waals surface area contributed by atoms with Gasteiger partial charge in [0.15, 0.2) is 0 Å². The highest BCUT2D eigenvalue weighted by molar-refractivity contribution is 7.13. The Labute approximate surface area is 156 Å². The van der Waals surface area contributed by atoms with Crippen molar-refractivity contribution in [3.05, 3.63) is 77.4 Å². The highest BCUT2D eigenvalue weighted by Crippen LogP contribution is 2.26. The van der Waals surface area contributed by atoms with Crippen LogP contribution in [0.3, 0.4) is 0 Å². The maximum absolute atomic E-state index is 4.56. The van der Waals surface area contributed by atoms with Gasteiger partial charge in [0.25, 0.3) is 0 Å². The van der Waals surface area contributed by atoms with Crippen LogP contribution in [0.1, 0.15) is 11.1 Å². The summed E-state index contributed by atoms with van der Waals surface area (Å²) < 4.78 is 0. The molecule has 4 aromatic rings. The standard InChI is InChI=1S/C21H18N4S/c1-14-6-7-17(12-15(14)2)16-4-3-5-18(13-16)24-21-23-9-8-19(25-21)20-22-10-11-26-20/h3-13H,1-2H3,(H,23,24,25). The lowest BCUT2D eigenvalue weighted by Crippen LogP contribution is -1.98. The molecule has 1 N–H and O–H groups in total. The molecule has 0 amide bonds. The number of aryl methyl sites for hydroxylation is 2. The van der Waals surface area contributed by atoms with E-state index in [4.69, 9.17) is 0 Å². The summed E-state index contributed by atoms with van der Waals surface area (Å²) in [5.41, 5.74) is 6.74. The molecule has 2 aromatic heterocycles. The van der Waals surface area contributed by atoms with Crippen LogP contribution in [-0.4, -0.2) is 15.0 Å². The molecule has 0 unspecified atom stereocenters. The van der Waals surface area contributed by atoms with Gasteiger partial charge in [-0.1, -0.05) is 30.3 Å². The van der Waals surface area contributed by atoms with Crippen LogP contribution in [0.25, 0.3) is 21.8 Å². The number of anilines is 2. The van der Waals surface area contributed by atoms with Crippen LogP contribution in [0.5, 0.6) is 0 Å². The Morgan fingerprint density at radius 3 is 2.54 bits per heavy atom. The number of aromatic nitrogens is 3. The van der Waals surface area contributed by atoms with E-state index in [9.17, 15) is 0 Å². The van der Waals surface area contributed by atoms with Gasteiger partial charge in [-0.05, 0) is 54.3 Å². The van der Waals surface area contributed by atoms with Crippen LogP contribution in [0.4, 0.5) is 11.6 Å². The van der Waals surface area contributed by atoms with Crippen molar-refractivity contribution < 1.29 is 0 Å². The maximum atomic E-state index is 4.56. The second-order valence-corrected chi connectivity index (χ2v) is 7.00. The highest BCUT2D eigenvalue weighted by Gasteiger charge is 2.06. The van der Waals surface area contributed by atoms with Crippen molar-refractivity contribution >= 4 is 23.0 Å². The molecule has 2 aromatic carbocycles. The van der Waals surface area contributed by atoms with Crippen molar-refractivity contribution in [2.24, 2.45) is 0 Å². The quantitative estimate of drug-likeness (QED) is 0.514. The summed E-state index contributed by atoms with van der Waals surface area (Å²) in [6, 6.07) is 16.7. The number of thiazole rings is 1. The van der Waals surface area contributed by atoms with Crippen molar-refractivity contribution in [3.63, 3.8) is 0 Å². The molecule has 2 heterocycles. The fourth-order valence-corrected chi connectivity index (χ4v) is 3.32. The van der Waals surface area contributed by atoms with Crippen molar-refractivity contribution in [1.29, 1.82) is 0 Å². The number of rotatable bonds is 4. The summed E-state index contributed by atoms with van der Waals surface area (Å²) in [6.07, 6.45) is 3.53. The topological polar surface area (TPSA) is 50.7 Å². The lowest BCUT2D eigenvalue weighted by molar-refractivity contribution is 1.16. The van der Waals surface area contributed by atoms with E-state index in [1.165, 1.54) is 16.7 Å². The molecule has 0 fully saturated rings. The van der Waals surface area contributed by atoms with E-state index in [0.29, 0.717) is 5.95 Å². The Morgan fingerprint density at radius 2 is 1.73 bits per heavy atom. The Balaban J connectivity index is 1.61. The molecular weight excluding hydrogens is 340 g/mol. The summed E-state index contributed by atoms with van der Waals surface area (Å²) in [6.45, 7) is 4.27. The molecule has 0 aliphatic rings. The predicted molar refractivity (Wildman–Crippen MR) is 108 cm³/mol. The van der Waals surface area contributed by atoms with E-state index in [-0.39, 0.29) is 0 Å². The highest BCUT2D eigenvalue weighted by atomic mass is 32.1. The molecule has 0 aliphatic carbocycles. The number of nitrogens with one attached hydrogen (secondary N) is 1. The third-order valence-corrected chi connectivity index (χ3v) is 5.06. The molecule has 0 aliphatic heterocycles. The van der Waals surface area contributed by atoms with Gasteiger partial charge in [-0.15, -0.1) is 11.3 Å². The fraction of sp³-hybridized carbons (Fsp3) is 0.0952. The molecule has 0 bridgehead atoms. The minimum Gasteiger partial charge on any atom is -0.324 e. The summed E-state index contributed by atoms with van der Waals surface area (Å²) in [7, 11) is 0.